The van der Waals surface area contributed by atoms with E-state index in [0.29, 0.717) is 0 Å². The molecule has 1 unspecified atom stereocenters. The second-order valence-electron chi connectivity index (χ2n) is 3.66. The molecule has 1 aromatic rings. The predicted octanol–water partition coefficient (Wildman–Crippen LogP) is 3.15. The molecule has 0 spiro atoms. The van der Waals surface area contributed by atoms with Gasteiger partial charge in [-0.15, -0.1) is 0 Å². The number of benzene rings is 1. The Bertz CT molecular complexity index is 340. The number of nitrogen functional groups attached to an aromatic ring is 1. The highest BCUT2D eigenvalue weighted by molar-refractivity contribution is 5.67. The quantitative estimate of drug-likeness (QED) is 0.755. The van der Waals surface area contributed by atoms with Gasteiger partial charge in [-0.05, 0) is 25.5 Å². The van der Waals surface area contributed by atoms with Gasteiger partial charge in [-0.25, -0.2) is 8.78 Å². The molecular formula is C11H16F2N2. The molecule has 0 bridgehead atoms. The van der Waals surface area contributed by atoms with Crippen LogP contribution < -0.4 is 11.1 Å². The molecule has 0 fully saturated rings. The van der Waals surface area contributed by atoms with Gasteiger partial charge in [0.25, 0.3) is 0 Å². The lowest BCUT2D eigenvalue weighted by Gasteiger charge is -2.16. The van der Waals surface area contributed by atoms with Crippen LogP contribution in [-0.2, 0) is 0 Å². The van der Waals surface area contributed by atoms with E-state index in [1.165, 1.54) is 6.07 Å². The maximum absolute atomic E-state index is 13.3. The van der Waals surface area contributed by atoms with Crippen LogP contribution in [-0.4, -0.2) is 6.04 Å². The summed E-state index contributed by atoms with van der Waals surface area (Å²) in [6, 6.07) is 2.47. The number of hydrogen-bond donors (Lipinski definition) is 2. The van der Waals surface area contributed by atoms with Crippen molar-refractivity contribution >= 4 is 11.4 Å². The monoisotopic (exact) mass is 214 g/mol. The first-order chi connectivity index (χ1) is 7.06. The van der Waals surface area contributed by atoms with Gasteiger partial charge in [-0.1, -0.05) is 13.3 Å². The van der Waals surface area contributed by atoms with E-state index in [1.807, 2.05) is 13.8 Å². The zero-order chi connectivity index (χ0) is 11.4. The number of rotatable bonds is 4. The van der Waals surface area contributed by atoms with Gasteiger partial charge in [0.05, 0.1) is 11.4 Å². The molecule has 4 heteroatoms. The zero-order valence-corrected chi connectivity index (χ0v) is 8.98. The highest BCUT2D eigenvalue weighted by Crippen LogP contribution is 2.25. The Labute approximate surface area is 88.5 Å². The van der Waals surface area contributed by atoms with Crippen LogP contribution in [0.3, 0.4) is 0 Å². The Morgan fingerprint density at radius 2 is 2.07 bits per heavy atom. The Morgan fingerprint density at radius 1 is 1.40 bits per heavy atom. The van der Waals surface area contributed by atoms with Crippen molar-refractivity contribution in [1.82, 2.24) is 0 Å². The minimum atomic E-state index is -0.905. The molecule has 84 valence electrons. The van der Waals surface area contributed by atoms with Crippen molar-refractivity contribution < 1.29 is 8.78 Å². The summed E-state index contributed by atoms with van der Waals surface area (Å²) in [5, 5.41) is 2.88. The smallest absolute Gasteiger partial charge is 0.183 e. The minimum Gasteiger partial charge on any atom is -0.397 e. The molecule has 0 aliphatic carbocycles. The Morgan fingerprint density at radius 3 is 2.67 bits per heavy atom. The number of halogens is 2. The molecule has 0 saturated carbocycles. The van der Waals surface area contributed by atoms with Gasteiger partial charge in [-0.3, -0.25) is 0 Å². The van der Waals surface area contributed by atoms with E-state index in [0.717, 1.165) is 18.9 Å². The van der Waals surface area contributed by atoms with Gasteiger partial charge in [0.15, 0.2) is 11.6 Å². The number of nitrogens with one attached hydrogen (secondary N) is 1. The molecule has 1 rings (SSSR count). The molecular weight excluding hydrogens is 198 g/mol. The van der Waals surface area contributed by atoms with Crippen molar-refractivity contribution in [3.63, 3.8) is 0 Å². The van der Waals surface area contributed by atoms with Gasteiger partial charge < -0.3 is 11.1 Å². The average molecular weight is 214 g/mol. The maximum Gasteiger partial charge on any atom is 0.183 e. The molecule has 0 radical (unpaired) electrons. The van der Waals surface area contributed by atoms with Crippen molar-refractivity contribution in [1.29, 1.82) is 0 Å². The van der Waals surface area contributed by atoms with Crippen LogP contribution in [0.1, 0.15) is 26.7 Å². The van der Waals surface area contributed by atoms with E-state index < -0.39 is 11.6 Å². The number of nitrogens with two attached hydrogens (primary N) is 1. The molecule has 3 N–H and O–H groups in total. The highest BCUT2D eigenvalue weighted by atomic mass is 19.2. The summed E-state index contributed by atoms with van der Waals surface area (Å²) in [4.78, 5) is 0. The second kappa shape index (κ2) is 4.96. The molecule has 0 saturated heterocycles. The first-order valence-electron chi connectivity index (χ1n) is 5.06. The normalized spacial score (nSPS) is 12.5. The lowest BCUT2D eigenvalue weighted by atomic mass is 10.1. The molecule has 0 aromatic heterocycles. The summed E-state index contributed by atoms with van der Waals surface area (Å²) in [5.41, 5.74) is 5.86. The van der Waals surface area contributed by atoms with Gasteiger partial charge in [0.1, 0.15) is 0 Å². The fraction of sp³-hybridized carbons (Fsp3) is 0.455. The minimum absolute atomic E-state index is 0.0657. The Kier molecular flexibility index (Phi) is 3.88. The summed E-state index contributed by atoms with van der Waals surface area (Å²) in [7, 11) is 0. The maximum atomic E-state index is 13.3. The van der Waals surface area contributed by atoms with Crippen molar-refractivity contribution in [2.45, 2.75) is 32.7 Å². The summed E-state index contributed by atoms with van der Waals surface area (Å²) in [5.74, 6) is -1.78. The summed E-state index contributed by atoms with van der Waals surface area (Å²) in [6.45, 7) is 3.94. The van der Waals surface area contributed by atoms with E-state index in [2.05, 4.69) is 5.32 Å². The fourth-order valence-corrected chi connectivity index (χ4v) is 1.46. The first-order valence-corrected chi connectivity index (χ1v) is 5.06. The first kappa shape index (κ1) is 11.8. The molecule has 1 aromatic carbocycles. The highest BCUT2D eigenvalue weighted by Gasteiger charge is 2.13. The van der Waals surface area contributed by atoms with Crippen LogP contribution in [0.4, 0.5) is 20.2 Å². The summed E-state index contributed by atoms with van der Waals surface area (Å²) >= 11 is 0. The lowest BCUT2D eigenvalue weighted by Crippen LogP contribution is -2.17. The molecule has 15 heavy (non-hydrogen) atoms. The SMILES string of the molecule is CCCC(C)Nc1c(N)ccc(F)c1F. The largest absolute Gasteiger partial charge is 0.397 e. The van der Waals surface area contributed by atoms with Crippen LogP contribution in [0.15, 0.2) is 12.1 Å². The van der Waals surface area contributed by atoms with E-state index in [4.69, 9.17) is 5.73 Å². The molecule has 0 heterocycles. The van der Waals surface area contributed by atoms with Crippen LogP contribution in [0.5, 0.6) is 0 Å². The molecule has 2 nitrogen and oxygen atoms in total. The molecule has 0 aliphatic heterocycles. The topological polar surface area (TPSA) is 38.0 Å². The van der Waals surface area contributed by atoms with Crippen LogP contribution in [0, 0.1) is 11.6 Å². The molecule has 1 atom stereocenters. The van der Waals surface area contributed by atoms with E-state index in [1.54, 1.807) is 0 Å². The van der Waals surface area contributed by atoms with Crippen molar-refractivity contribution in [3.8, 4) is 0 Å². The number of hydrogen-bond acceptors (Lipinski definition) is 2. The van der Waals surface area contributed by atoms with Gasteiger partial charge in [-0.2, -0.15) is 0 Å². The summed E-state index contributed by atoms with van der Waals surface area (Å²) in [6.07, 6.45) is 1.86. The second-order valence-corrected chi connectivity index (χ2v) is 3.66. The third-order valence-corrected chi connectivity index (χ3v) is 2.24. The Hall–Kier alpha value is -1.32. The Balaban J connectivity index is 2.88. The lowest BCUT2D eigenvalue weighted by molar-refractivity contribution is 0.509. The third-order valence-electron chi connectivity index (χ3n) is 2.24. The van der Waals surface area contributed by atoms with E-state index >= 15 is 0 Å². The van der Waals surface area contributed by atoms with Crippen molar-refractivity contribution in [2.24, 2.45) is 0 Å². The van der Waals surface area contributed by atoms with Crippen molar-refractivity contribution in [2.75, 3.05) is 11.1 Å². The van der Waals surface area contributed by atoms with Crippen molar-refractivity contribution in [3.05, 3.63) is 23.8 Å². The van der Waals surface area contributed by atoms with Gasteiger partial charge in [0, 0.05) is 6.04 Å². The molecule has 0 aliphatic rings. The predicted molar refractivity (Wildman–Crippen MR) is 58.8 cm³/mol. The van der Waals surface area contributed by atoms with Gasteiger partial charge >= 0.3 is 0 Å². The van der Waals surface area contributed by atoms with E-state index in [9.17, 15) is 8.78 Å². The fourth-order valence-electron chi connectivity index (χ4n) is 1.46. The standard InChI is InChI=1S/C11H16F2N2/c1-3-4-7(2)15-11-9(14)6-5-8(12)10(11)13/h5-7,15H,3-4,14H2,1-2H3. The van der Waals surface area contributed by atoms with Crippen LogP contribution >= 0.6 is 0 Å². The zero-order valence-electron chi connectivity index (χ0n) is 8.98. The van der Waals surface area contributed by atoms with Gasteiger partial charge in [0.2, 0.25) is 0 Å². The average Bonchev–Trinajstić information content (AvgIpc) is 2.19. The van der Waals surface area contributed by atoms with E-state index in [-0.39, 0.29) is 17.4 Å². The summed E-state index contributed by atoms with van der Waals surface area (Å²) < 4.78 is 26.3. The number of anilines is 2. The van der Waals surface area contributed by atoms with Crippen LogP contribution in [0.2, 0.25) is 0 Å². The third kappa shape index (κ3) is 2.81. The van der Waals surface area contributed by atoms with Crippen LogP contribution in [0.25, 0.3) is 0 Å². The molecule has 0 amide bonds.